The van der Waals surface area contributed by atoms with Gasteiger partial charge in [-0.05, 0) is 56.1 Å². The van der Waals surface area contributed by atoms with Crippen LogP contribution in [0.15, 0.2) is 127 Å². The number of hydrogen-bond acceptors (Lipinski definition) is 1. The van der Waals surface area contributed by atoms with Gasteiger partial charge in [-0.25, -0.2) is 0 Å². The normalized spacial score (nSPS) is 12.8. The second-order valence-electron chi connectivity index (χ2n) is 10.5. The molecule has 5 aromatic carbocycles. The molecule has 1 unspecified atom stereocenters. The first-order valence-electron chi connectivity index (χ1n) is 14.6. The maximum atomic E-state index is 10.4. The molecule has 0 aromatic heterocycles. The molecule has 5 aromatic rings. The van der Waals surface area contributed by atoms with Crippen LogP contribution in [0.1, 0.15) is 45.0 Å². The third-order valence-electron chi connectivity index (χ3n) is 6.94. The minimum atomic E-state index is 0. The molecule has 0 aliphatic carbocycles. The van der Waals surface area contributed by atoms with Gasteiger partial charge in [-0.3, -0.25) is 0 Å². The third kappa shape index (κ3) is 11.5. The average Bonchev–Trinajstić information content (AvgIpc) is 3.39. The number of ether oxygens (including phenoxy) is 1. The molecule has 1 fully saturated rings. The Morgan fingerprint density at radius 2 is 1.07 bits per heavy atom. The van der Waals surface area contributed by atoms with Crippen molar-refractivity contribution in [1.29, 1.82) is 0 Å². The topological polar surface area (TPSA) is 46.8 Å². The van der Waals surface area contributed by atoms with Gasteiger partial charge in [0.15, 0.2) is 0 Å². The van der Waals surface area contributed by atoms with E-state index in [4.69, 9.17) is 4.74 Å². The molecule has 6 rings (SSSR count). The van der Waals surface area contributed by atoms with Crippen LogP contribution < -0.4 is 15.0 Å². The molecule has 0 radical (unpaired) electrons. The maximum Gasteiger partial charge on any atom is 4.00 e. The van der Waals surface area contributed by atoms with E-state index in [1.165, 1.54) is 22.3 Å². The predicted molar refractivity (Wildman–Crippen MR) is 188 cm³/mol. The zero-order valence-electron chi connectivity index (χ0n) is 26.8. The van der Waals surface area contributed by atoms with Gasteiger partial charge in [-0.1, -0.05) is 48.0 Å². The number of nitrogens with zero attached hydrogens (tertiary/aromatic N) is 2. The van der Waals surface area contributed by atoms with Crippen LogP contribution in [-0.2, 0) is 21.7 Å². The molecular weight excluding hydrogens is 586 g/mol. The van der Waals surface area contributed by atoms with Gasteiger partial charge in [0.05, 0.1) is 7.11 Å². The van der Waals surface area contributed by atoms with Crippen molar-refractivity contribution in [2.45, 2.75) is 26.8 Å². The van der Waals surface area contributed by atoms with Crippen molar-refractivity contribution >= 4 is 11.6 Å². The van der Waals surface area contributed by atoms with Crippen LogP contribution in [0, 0.1) is 41.5 Å². The number of benzene rings is 5. The molecule has 0 spiro atoms. The fraction of sp³-hybridized carbons (Fsp3) is 0.150. The summed E-state index contributed by atoms with van der Waals surface area (Å²) < 4.78 is 5.48. The number of guanidine groups is 1. The van der Waals surface area contributed by atoms with Crippen LogP contribution in [0.2, 0.25) is 0 Å². The standard InChI is InChI=1S/C19H22N3O.3C7H7.Ti/c1-12-9-13(2)18(14(3)10-12)16-11-21-19(20)22(16)15-7-5-6-8-17(15)23-4;3*1-7-5-3-2-4-6-7;/h5-10,16H,11H2,1-4H3,(H-,20,21);3*2-6H,1H2;/q4*-1;+4. The Bertz CT molecular complexity index is 1460. The van der Waals surface area contributed by atoms with Gasteiger partial charge in [-0.2, -0.15) is 73.9 Å². The smallest absolute Gasteiger partial charge is 0.496 e. The molecular formula is C40H43N3OTi. The molecule has 1 N–H and O–H groups in total. The zero-order chi connectivity index (χ0) is 31.9. The molecule has 1 aliphatic rings. The summed E-state index contributed by atoms with van der Waals surface area (Å²) in [6, 6.07) is 41.8. The Morgan fingerprint density at radius 3 is 1.44 bits per heavy atom. The van der Waals surface area contributed by atoms with Crippen LogP contribution in [0.5, 0.6) is 5.75 Å². The maximum absolute atomic E-state index is 10.4. The molecule has 0 bridgehead atoms. The Hall–Kier alpha value is -4.51. The van der Waals surface area contributed by atoms with E-state index in [0.29, 0.717) is 6.54 Å². The van der Waals surface area contributed by atoms with Crippen molar-refractivity contribution in [3.63, 3.8) is 0 Å². The van der Waals surface area contributed by atoms with Crippen LogP contribution in [0.4, 0.5) is 5.69 Å². The van der Waals surface area contributed by atoms with E-state index in [-0.39, 0.29) is 33.7 Å². The van der Waals surface area contributed by atoms with E-state index in [1.54, 1.807) is 7.11 Å². The zero-order valence-corrected chi connectivity index (χ0v) is 28.4. The number of nitrogens with one attached hydrogen (secondary N) is 1. The first kappa shape index (κ1) is 36.7. The molecule has 4 nitrogen and oxygen atoms in total. The SMILES string of the molecule is COc1ccccc1N1C(=[N-])NCC1c1c(C)cc(C)cc1C.[CH2-]c1ccccc1.[CH2-]c1ccccc1.[CH2-]c1ccccc1.[Ti+4]. The van der Waals surface area contributed by atoms with E-state index >= 15 is 0 Å². The van der Waals surface area contributed by atoms with Gasteiger partial charge in [0.1, 0.15) is 5.75 Å². The quantitative estimate of drug-likeness (QED) is 0.160. The van der Waals surface area contributed by atoms with Gasteiger partial charge >= 0.3 is 21.7 Å². The summed E-state index contributed by atoms with van der Waals surface area (Å²) >= 11 is 0. The monoisotopic (exact) mass is 629 g/mol. The van der Waals surface area contributed by atoms with Crippen molar-refractivity contribution in [2.24, 2.45) is 0 Å². The van der Waals surface area contributed by atoms with Crippen LogP contribution in [0.3, 0.4) is 0 Å². The second kappa shape index (κ2) is 19.0. The summed E-state index contributed by atoms with van der Waals surface area (Å²) in [5.74, 6) is 0.911. The van der Waals surface area contributed by atoms with Crippen molar-refractivity contribution in [3.8, 4) is 5.75 Å². The van der Waals surface area contributed by atoms with Crippen molar-refractivity contribution in [1.82, 2.24) is 5.32 Å². The van der Waals surface area contributed by atoms with Crippen molar-refractivity contribution < 1.29 is 26.5 Å². The fourth-order valence-corrected chi connectivity index (χ4v) is 5.00. The predicted octanol–water partition coefficient (Wildman–Crippen LogP) is 9.30. The van der Waals surface area contributed by atoms with E-state index in [1.807, 2.05) is 120 Å². The Labute approximate surface area is 285 Å². The summed E-state index contributed by atoms with van der Waals surface area (Å²) in [4.78, 5) is 1.92. The molecule has 0 amide bonds. The minimum absolute atomic E-state index is 0. The van der Waals surface area contributed by atoms with Gasteiger partial charge in [0.25, 0.3) is 0 Å². The first-order chi connectivity index (χ1) is 21.2. The Morgan fingerprint density at radius 1 is 0.667 bits per heavy atom. The van der Waals surface area contributed by atoms with Gasteiger partial charge in [0, 0.05) is 17.7 Å². The summed E-state index contributed by atoms with van der Waals surface area (Å²) in [6.07, 6.45) is 0. The molecule has 0 saturated carbocycles. The summed E-state index contributed by atoms with van der Waals surface area (Å²) in [5.41, 5.74) is 9.06. The number of hydrogen-bond donors (Lipinski definition) is 1. The van der Waals surface area contributed by atoms with E-state index in [0.717, 1.165) is 28.1 Å². The Kier molecular flexibility index (Phi) is 15.5. The molecule has 1 aliphatic heterocycles. The number of para-hydroxylation sites is 2. The van der Waals surface area contributed by atoms with E-state index in [2.05, 4.69) is 59.0 Å². The largest absolute Gasteiger partial charge is 4.00 e. The number of rotatable bonds is 3. The van der Waals surface area contributed by atoms with Crippen LogP contribution in [-0.4, -0.2) is 19.6 Å². The van der Waals surface area contributed by atoms with E-state index in [9.17, 15) is 5.41 Å². The van der Waals surface area contributed by atoms with E-state index < -0.39 is 0 Å². The summed E-state index contributed by atoms with van der Waals surface area (Å²) in [7, 11) is 1.65. The molecule has 1 atom stereocenters. The number of anilines is 1. The summed E-state index contributed by atoms with van der Waals surface area (Å²) in [6.45, 7) is 18.2. The third-order valence-corrected chi connectivity index (χ3v) is 6.94. The number of methoxy groups -OCH3 is 1. The molecule has 45 heavy (non-hydrogen) atoms. The molecule has 1 saturated heterocycles. The van der Waals surface area contributed by atoms with Gasteiger partial charge in [0.2, 0.25) is 0 Å². The molecule has 5 heteroatoms. The average molecular weight is 630 g/mol. The Balaban J connectivity index is 0.000000259. The van der Waals surface area contributed by atoms with Crippen molar-refractivity contribution in [2.75, 3.05) is 18.6 Å². The van der Waals surface area contributed by atoms with Crippen molar-refractivity contribution in [3.05, 3.63) is 193 Å². The molecule has 1 heterocycles. The molecule has 228 valence electrons. The van der Waals surface area contributed by atoms with Gasteiger partial charge < -0.3 is 20.4 Å². The second-order valence-corrected chi connectivity index (χ2v) is 10.5. The van der Waals surface area contributed by atoms with Crippen LogP contribution in [0.25, 0.3) is 5.41 Å². The first-order valence-corrected chi connectivity index (χ1v) is 14.6. The number of aryl methyl sites for hydroxylation is 3. The fourth-order valence-electron chi connectivity index (χ4n) is 5.00. The van der Waals surface area contributed by atoms with Gasteiger partial charge in [-0.15, -0.1) is 36.4 Å². The van der Waals surface area contributed by atoms with Crippen LogP contribution >= 0.6 is 0 Å². The summed E-state index contributed by atoms with van der Waals surface area (Å²) in [5, 5.41) is 13.5. The minimum Gasteiger partial charge on any atom is -0.496 e.